The second-order valence-corrected chi connectivity index (χ2v) is 6.12. The van der Waals surface area contributed by atoms with Crippen LogP contribution in [0.3, 0.4) is 0 Å². The Morgan fingerprint density at radius 1 is 1.22 bits per heavy atom. The molecule has 2 aliphatic heterocycles. The fraction of sp³-hybridized carbons (Fsp3) is 0.316. The van der Waals surface area contributed by atoms with Gasteiger partial charge in [0.15, 0.2) is 5.41 Å². The Labute approximate surface area is 156 Å². The maximum absolute atomic E-state index is 13.1. The van der Waals surface area contributed by atoms with Crippen LogP contribution in [0, 0.1) is 0 Å². The van der Waals surface area contributed by atoms with Crippen molar-refractivity contribution < 1.29 is 28.6 Å². The zero-order valence-corrected chi connectivity index (χ0v) is 15.5. The number of para-hydroxylation sites is 1. The molecule has 0 saturated carbocycles. The normalized spacial score (nSPS) is 21.3. The molecule has 2 N–H and O–H groups in total. The van der Waals surface area contributed by atoms with E-state index in [4.69, 9.17) is 19.9 Å². The van der Waals surface area contributed by atoms with Crippen LogP contribution < -0.4 is 10.6 Å². The number of allylic oxidation sites excluding steroid dienone is 1. The minimum Gasteiger partial charge on any atom is -0.466 e. The Morgan fingerprint density at radius 3 is 2.52 bits per heavy atom. The summed E-state index contributed by atoms with van der Waals surface area (Å²) in [5.41, 5.74) is 5.10. The molecule has 27 heavy (non-hydrogen) atoms. The van der Waals surface area contributed by atoms with Gasteiger partial charge in [-0.3, -0.25) is 0 Å². The third kappa shape index (κ3) is 2.33. The minimum absolute atomic E-state index is 0.00556. The summed E-state index contributed by atoms with van der Waals surface area (Å²) in [7, 11) is 2.84. The van der Waals surface area contributed by atoms with E-state index in [2.05, 4.69) is 0 Å². The van der Waals surface area contributed by atoms with Crippen LogP contribution in [0.4, 0.5) is 5.69 Å². The Kier molecular flexibility index (Phi) is 4.43. The Morgan fingerprint density at radius 2 is 1.89 bits per heavy atom. The molecular formula is C19H20N2O6. The van der Waals surface area contributed by atoms with Crippen molar-refractivity contribution in [2.75, 3.05) is 25.7 Å². The Bertz CT molecular complexity index is 917. The fourth-order valence-corrected chi connectivity index (χ4v) is 3.67. The van der Waals surface area contributed by atoms with Gasteiger partial charge >= 0.3 is 17.9 Å². The van der Waals surface area contributed by atoms with E-state index in [9.17, 15) is 14.4 Å². The van der Waals surface area contributed by atoms with Crippen LogP contribution in [0.15, 0.2) is 47.0 Å². The molecule has 1 aromatic rings. The van der Waals surface area contributed by atoms with Gasteiger partial charge in [0.05, 0.1) is 13.7 Å². The maximum Gasteiger partial charge on any atom is 0.339 e. The number of ether oxygens (including phenoxy) is 3. The zero-order valence-electron chi connectivity index (χ0n) is 15.5. The number of cyclic esters (lactones) is 1. The van der Waals surface area contributed by atoms with Crippen molar-refractivity contribution in [3.05, 3.63) is 52.6 Å². The number of nitrogens with two attached hydrogens (primary N) is 1. The first kappa shape index (κ1) is 18.5. The molecular weight excluding hydrogens is 352 g/mol. The van der Waals surface area contributed by atoms with E-state index >= 15 is 0 Å². The number of methoxy groups -OCH3 is 1. The van der Waals surface area contributed by atoms with Crippen LogP contribution in [0.5, 0.6) is 0 Å². The van der Waals surface area contributed by atoms with Crippen molar-refractivity contribution in [1.29, 1.82) is 0 Å². The average Bonchev–Trinajstić information content (AvgIpc) is 2.90. The number of benzene rings is 1. The smallest absolute Gasteiger partial charge is 0.339 e. The summed E-state index contributed by atoms with van der Waals surface area (Å²) >= 11 is 0. The minimum atomic E-state index is -1.85. The number of carbonyl (C=O) groups excluding carboxylic acids is 3. The van der Waals surface area contributed by atoms with Gasteiger partial charge in [-0.05, 0) is 19.9 Å². The summed E-state index contributed by atoms with van der Waals surface area (Å²) < 4.78 is 15.4. The van der Waals surface area contributed by atoms with Gasteiger partial charge in [0.25, 0.3) is 0 Å². The first-order valence-electron chi connectivity index (χ1n) is 8.34. The predicted molar refractivity (Wildman–Crippen MR) is 95.2 cm³/mol. The first-order valence-corrected chi connectivity index (χ1v) is 8.34. The predicted octanol–water partition coefficient (Wildman–Crippen LogP) is 1.11. The molecule has 1 aromatic carbocycles. The first-order chi connectivity index (χ1) is 12.8. The second kappa shape index (κ2) is 6.46. The van der Waals surface area contributed by atoms with Crippen molar-refractivity contribution in [1.82, 2.24) is 0 Å². The number of hydrogen-bond acceptors (Lipinski definition) is 8. The highest BCUT2D eigenvalue weighted by atomic mass is 16.6. The van der Waals surface area contributed by atoms with Crippen molar-refractivity contribution >= 4 is 23.6 Å². The number of esters is 3. The molecule has 0 aliphatic carbocycles. The monoisotopic (exact) mass is 372 g/mol. The molecule has 1 atom stereocenters. The molecule has 2 heterocycles. The molecule has 0 aromatic heterocycles. The van der Waals surface area contributed by atoms with E-state index in [-0.39, 0.29) is 29.3 Å². The van der Waals surface area contributed by atoms with Crippen LogP contribution in [0.2, 0.25) is 0 Å². The maximum atomic E-state index is 13.1. The van der Waals surface area contributed by atoms with E-state index in [0.717, 1.165) is 0 Å². The zero-order chi connectivity index (χ0) is 19.9. The number of hydrogen-bond donors (Lipinski definition) is 1. The standard InChI is InChI=1S/C19H20N2O6/c1-5-26-17(23)13-10(2)27-18(24)19(13)11-8-6-7-9-12(11)21(3)15(20)14(19)16(22)25-4/h6-9H,5,20H2,1-4H3. The summed E-state index contributed by atoms with van der Waals surface area (Å²) in [6.07, 6.45) is 0. The largest absolute Gasteiger partial charge is 0.466 e. The van der Waals surface area contributed by atoms with Gasteiger partial charge in [-0.15, -0.1) is 0 Å². The van der Waals surface area contributed by atoms with E-state index in [1.54, 1.807) is 43.1 Å². The van der Waals surface area contributed by atoms with Crippen molar-refractivity contribution in [3.8, 4) is 0 Å². The van der Waals surface area contributed by atoms with Crippen LogP contribution in [0.25, 0.3) is 0 Å². The van der Waals surface area contributed by atoms with Gasteiger partial charge in [-0.2, -0.15) is 0 Å². The molecule has 0 amide bonds. The number of rotatable bonds is 3. The molecule has 1 unspecified atom stereocenters. The summed E-state index contributed by atoms with van der Waals surface area (Å²) in [5.74, 6) is -2.33. The van der Waals surface area contributed by atoms with E-state index in [1.807, 2.05) is 0 Å². The highest BCUT2D eigenvalue weighted by Crippen LogP contribution is 2.53. The summed E-state index contributed by atoms with van der Waals surface area (Å²) in [5, 5.41) is 0. The Hall–Kier alpha value is -3.29. The highest BCUT2D eigenvalue weighted by molar-refractivity contribution is 6.16. The lowest BCUT2D eigenvalue weighted by atomic mass is 9.66. The van der Waals surface area contributed by atoms with Crippen LogP contribution >= 0.6 is 0 Å². The van der Waals surface area contributed by atoms with Gasteiger partial charge in [0, 0.05) is 18.3 Å². The van der Waals surface area contributed by atoms with E-state index in [0.29, 0.717) is 11.3 Å². The highest BCUT2D eigenvalue weighted by Gasteiger charge is 2.63. The topological polar surface area (TPSA) is 108 Å². The number of nitrogens with zero attached hydrogens (tertiary/aromatic N) is 1. The third-order valence-electron chi connectivity index (χ3n) is 4.81. The second-order valence-electron chi connectivity index (χ2n) is 6.12. The van der Waals surface area contributed by atoms with Gasteiger partial charge < -0.3 is 24.8 Å². The summed E-state index contributed by atoms with van der Waals surface area (Å²) in [6.45, 7) is 3.21. The molecule has 0 saturated heterocycles. The van der Waals surface area contributed by atoms with Crippen LogP contribution in [-0.4, -0.2) is 38.7 Å². The lowest BCUT2D eigenvalue weighted by Gasteiger charge is -2.39. The van der Waals surface area contributed by atoms with Gasteiger partial charge in [0.2, 0.25) is 0 Å². The molecule has 2 aliphatic rings. The molecule has 0 radical (unpaired) electrons. The average molecular weight is 372 g/mol. The van der Waals surface area contributed by atoms with Crippen LogP contribution in [-0.2, 0) is 34.0 Å². The van der Waals surface area contributed by atoms with E-state index in [1.165, 1.54) is 14.0 Å². The molecule has 1 spiro atoms. The third-order valence-corrected chi connectivity index (χ3v) is 4.81. The number of carbonyl (C=O) groups is 3. The molecule has 0 fully saturated rings. The summed E-state index contributed by atoms with van der Waals surface area (Å²) in [4.78, 5) is 40.2. The van der Waals surface area contributed by atoms with Gasteiger partial charge in [-0.1, -0.05) is 18.2 Å². The van der Waals surface area contributed by atoms with E-state index < -0.39 is 23.3 Å². The van der Waals surface area contributed by atoms with Gasteiger partial charge in [0.1, 0.15) is 22.7 Å². The molecule has 142 valence electrons. The SMILES string of the molecule is CCOC(=O)C1=C(C)OC(=O)C12C(C(=O)OC)=C(N)N(C)c1ccccc12. The lowest BCUT2D eigenvalue weighted by Crippen LogP contribution is -2.49. The molecule has 8 heteroatoms. The van der Waals surface area contributed by atoms with Crippen molar-refractivity contribution in [3.63, 3.8) is 0 Å². The quantitative estimate of drug-likeness (QED) is 0.621. The molecule has 8 nitrogen and oxygen atoms in total. The molecule has 0 bridgehead atoms. The lowest BCUT2D eigenvalue weighted by molar-refractivity contribution is -0.146. The number of anilines is 1. The fourth-order valence-electron chi connectivity index (χ4n) is 3.67. The summed E-state index contributed by atoms with van der Waals surface area (Å²) in [6, 6.07) is 6.86. The Balaban J connectivity index is 2.45. The van der Waals surface area contributed by atoms with Crippen LogP contribution in [0.1, 0.15) is 19.4 Å². The number of fused-ring (bicyclic) bond motifs is 2. The van der Waals surface area contributed by atoms with Gasteiger partial charge in [-0.25, -0.2) is 14.4 Å². The van der Waals surface area contributed by atoms with Crippen molar-refractivity contribution in [2.45, 2.75) is 19.3 Å². The van der Waals surface area contributed by atoms with Crippen molar-refractivity contribution in [2.24, 2.45) is 5.73 Å². The molecule has 3 rings (SSSR count).